The van der Waals surface area contributed by atoms with Gasteiger partial charge in [0.05, 0.1) is 0 Å². The van der Waals surface area contributed by atoms with Crippen molar-refractivity contribution in [3.63, 3.8) is 0 Å². The van der Waals surface area contributed by atoms with Gasteiger partial charge in [0.2, 0.25) is 0 Å². The zero-order chi connectivity index (χ0) is 13.0. The Morgan fingerprint density at radius 1 is 1.11 bits per heavy atom. The molecule has 0 heterocycles. The molecule has 2 aromatic carbocycles. The van der Waals surface area contributed by atoms with Gasteiger partial charge in [-0.25, -0.2) is 0 Å². The second kappa shape index (κ2) is 6.16. The average Bonchev–Trinajstić information content (AvgIpc) is 2.39. The summed E-state index contributed by atoms with van der Waals surface area (Å²) < 4.78 is 0.893. The normalized spacial score (nSPS) is 10.1. The first-order chi connectivity index (χ1) is 8.70. The summed E-state index contributed by atoms with van der Waals surface area (Å²) in [7, 11) is 0. The molecule has 2 nitrogen and oxygen atoms in total. The van der Waals surface area contributed by atoms with Gasteiger partial charge in [0.15, 0.2) is 0 Å². The first kappa shape index (κ1) is 13.3. The van der Waals surface area contributed by atoms with E-state index in [4.69, 9.17) is 0 Å². The van der Waals surface area contributed by atoms with Crippen molar-refractivity contribution in [1.29, 1.82) is 0 Å². The maximum absolute atomic E-state index is 12.1. The minimum absolute atomic E-state index is 0.107. The van der Waals surface area contributed by atoms with Gasteiger partial charge >= 0.3 is 0 Å². The van der Waals surface area contributed by atoms with E-state index < -0.39 is 0 Å². The molecule has 92 valence electrons. The number of rotatable bonds is 3. The van der Waals surface area contributed by atoms with Gasteiger partial charge in [0, 0.05) is 21.1 Å². The molecule has 0 aliphatic rings. The predicted molar refractivity (Wildman–Crippen MR) is 81.2 cm³/mol. The number of anilines is 1. The Hall–Kier alpha value is -1.13. The third-order valence-electron chi connectivity index (χ3n) is 2.50. The molecule has 18 heavy (non-hydrogen) atoms. The first-order valence-corrected chi connectivity index (χ1v) is 7.33. The number of amides is 1. The Labute approximate surface area is 123 Å². The molecule has 2 aromatic rings. The minimum atomic E-state index is -0.107. The van der Waals surface area contributed by atoms with E-state index in [0.29, 0.717) is 10.9 Å². The predicted octanol–water partition coefficient (Wildman–Crippen LogP) is 4.60. The van der Waals surface area contributed by atoms with Crippen LogP contribution in [0.2, 0.25) is 0 Å². The van der Waals surface area contributed by atoms with E-state index in [9.17, 15) is 4.79 Å². The molecule has 0 bridgehead atoms. The van der Waals surface area contributed by atoms with Gasteiger partial charge in [-0.05, 0) is 29.8 Å². The van der Waals surface area contributed by atoms with E-state index in [2.05, 4.69) is 37.2 Å². The van der Waals surface area contributed by atoms with E-state index in [-0.39, 0.29) is 5.91 Å². The molecule has 0 aliphatic carbocycles. The van der Waals surface area contributed by atoms with Crippen molar-refractivity contribution in [2.45, 2.75) is 5.33 Å². The first-order valence-electron chi connectivity index (χ1n) is 5.41. The number of carbonyl (C=O) groups is 1. The summed E-state index contributed by atoms with van der Waals surface area (Å²) in [5.41, 5.74) is 2.52. The Morgan fingerprint density at radius 2 is 1.89 bits per heavy atom. The maximum atomic E-state index is 12.1. The second-order valence-corrected chi connectivity index (χ2v) is 5.23. The highest BCUT2D eigenvalue weighted by atomic mass is 79.9. The lowest BCUT2D eigenvalue weighted by Crippen LogP contribution is -2.12. The van der Waals surface area contributed by atoms with Crippen LogP contribution in [0, 0.1) is 0 Å². The quantitative estimate of drug-likeness (QED) is 0.788. The van der Waals surface area contributed by atoms with Crippen LogP contribution in [0.15, 0.2) is 53.0 Å². The van der Waals surface area contributed by atoms with Crippen molar-refractivity contribution in [3.8, 4) is 0 Å². The topological polar surface area (TPSA) is 29.1 Å². The van der Waals surface area contributed by atoms with Crippen LogP contribution < -0.4 is 5.32 Å². The molecule has 0 spiro atoms. The van der Waals surface area contributed by atoms with Crippen LogP contribution in [-0.4, -0.2) is 5.91 Å². The van der Waals surface area contributed by atoms with Gasteiger partial charge in [-0.1, -0.05) is 56.1 Å². The monoisotopic (exact) mass is 367 g/mol. The SMILES string of the molecule is O=C(Nc1ccccc1CBr)c1cccc(Br)c1. The average molecular weight is 369 g/mol. The van der Waals surface area contributed by atoms with Crippen molar-refractivity contribution in [3.05, 3.63) is 64.1 Å². The Bertz CT molecular complexity index is 569. The third-order valence-corrected chi connectivity index (χ3v) is 3.59. The van der Waals surface area contributed by atoms with Crippen molar-refractivity contribution >= 4 is 43.5 Å². The highest BCUT2D eigenvalue weighted by Gasteiger charge is 2.08. The minimum Gasteiger partial charge on any atom is -0.322 e. The molecule has 1 N–H and O–H groups in total. The number of para-hydroxylation sites is 1. The number of carbonyl (C=O) groups excluding carboxylic acids is 1. The van der Waals surface area contributed by atoms with Gasteiger partial charge in [0.1, 0.15) is 0 Å². The largest absolute Gasteiger partial charge is 0.322 e. The van der Waals surface area contributed by atoms with Crippen molar-refractivity contribution < 1.29 is 4.79 Å². The number of hydrogen-bond donors (Lipinski definition) is 1. The molecule has 0 aliphatic heterocycles. The Morgan fingerprint density at radius 3 is 2.61 bits per heavy atom. The molecule has 0 saturated carbocycles. The van der Waals surface area contributed by atoms with Crippen LogP contribution in [-0.2, 0) is 5.33 Å². The number of alkyl halides is 1. The molecule has 4 heteroatoms. The fraction of sp³-hybridized carbons (Fsp3) is 0.0714. The van der Waals surface area contributed by atoms with Crippen molar-refractivity contribution in [2.75, 3.05) is 5.32 Å². The smallest absolute Gasteiger partial charge is 0.255 e. The standard InChI is InChI=1S/C14H11Br2NO/c15-9-11-4-1-2-7-13(11)17-14(18)10-5-3-6-12(16)8-10/h1-8H,9H2,(H,17,18). The number of benzene rings is 2. The maximum Gasteiger partial charge on any atom is 0.255 e. The lowest BCUT2D eigenvalue weighted by molar-refractivity contribution is 0.102. The van der Waals surface area contributed by atoms with Crippen molar-refractivity contribution in [2.24, 2.45) is 0 Å². The molecule has 1 amide bonds. The molecule has 0 saturated heterocycles. The van der Waals surface area contributed by atoms with E-state index in [1.54, 1.807) is 12.1 Å². The molecule has 2 rings (SSSR count). The van der Waals surface area contributed by atoms with Gasteiger partial charge in [-0.15, -0.1) is 0 Å². The lowest BCUT2D eigenvalue weighted by atomic mass is 10.1. The van der Waals surface area contributed by atoms with Crippen LogP contribution in [0.25, 0.3) is 0 Å². The molecular formula is C14H11Br2NO. The van der Waals surface area contributed by atoms with Gasteiger partial charge < -0.3 is 5.32 Å². The molecule has 0 fully saturated rings. The Balaban J connectivity index is 2.21. The van der Waals surface area contributed by atoms with Crippen molar-refractivity contribution in [1.82, 2.24) is 0 Å². The molecule has 0 aromatic heterocycles. The van der Waals surface area contributed by atoms with Crippen LogP contribution in [0.4, 0.5) is 5.69 Å². The Kier molecular flexibility index (Phi) is 4.55. The summed E-state index contributed by atoms with van der Waals surface area (Å²) in [4.78, 5) is 12.1. The van der Waals surface area contributed by atoms with Gasteiger partial charge in [-0.2, -0.15) is 0 Å². The third kappa shape index (κ3) is 3.21. The molecular weight excluding hydrogens is 358 g/mol. The summed E-state index contributed by atoms with van der Waals surface area (Å²) in [5, 5.41) is 3.63. The zero-order valence-electron chi connectivity index (χ0n) is 9.49. The highest BCUT2D eigenvalue weighted by Crippen LogP contribution is 2.19. The van der Waals surface area contributed by atoms with E-state index in [1.165, 1.54) is 0 Å². The fourth-order valence-corrected chi connectivity index (χ4v) is 2.47. The summed E-state index contributed by atoms with van der Waals surface area (Å²) in [6, 6.07) is 15.0. The van der Waals surface area contributed by atoms with Crippen LogP contribution >= 0.6 is 31.9 Å². The summed E-state index contributed by atoms with van der Waals surface area (Å²) in [6.07, 6.45) is 0. The van der Waals surface area contributed by atoms with E-state index in [0.717, 1.165) is 15.7 Å². The van der Waals surface area contributed by atoms with Gasteiger partial charge in [0.25, 0.3) is 5.91 Å². The summed E-state index contributed by atoms with van der Waals surface area (Å²) in [5.74, 6) is -0.107. The van der Waals surface area contributed by atoms with Crippen LogP contribution in [0.5, 0.6) is 0 Å². The molecule has 0 atom stereocenters. The van der Waals surface area contributed by atoms with E-state index >= 15 is 0 Å². The summed E-state index contributed by atoms with van der Waals surface area (Å²) in [6.45, 7) is 0. The van der Waals surface area contributed by atoms with E-state index in [1.807, 2.05) is 36.4 Å². The van der Waals surface area contributed by atoms with Gasteiger partial charge in [-0.3, -0.25) is 4.79 Å². The number of hydrogen-bond acceptors (Lipinski definition) is 1. The lowest BCUT2D eigenvalue weighted by Gasteiger charge is -2.09. The fourth-order valence-electron chi connectivity index (χ4n) is 1.58. The second-order valence-electron chi connectivity index (χ2n) is 3.76. The zero-order valence-corrected chi connectivity index (χ0v) is 12.7. The van der Waals surface area contributed by atoms with Crippen LogP contribution in [0.1, 0.15) is 15.9 Å². The van der Waals surface area contributed by atoms with Crippen LogP contribution in [0.3, 0.4) is 0 Å². The number of nitrogens with one attached hydrogen (secondary N) is 1. The molecule has 0 unspecified atom stereocenters. The highest BCUT2D eigenvalue weighted by molar-refractivity contribution is 9.10. The molecule has 0 radical (unpaired) electrons. The number of halogens is 2. The summed E-state index contributed by atoms with van der Waals surface area (Å²) >= 11 is 6.76.